The molecule has 0 bridgehead atoms. The molecule has 1 aliphatic rings. The molecule has 1 N–H and O–H groups in total. The molecule has 3 heterocycles. The van der Waals surface area contributed by atoms with Gasteiger partial charge in [0, 0.05) is 11.3 Å². The van der Waals surface area contributed by atoms with Gasteiger partial charge in [-0.2, -0.15) is 5.10 Å². The van der Waals surface area contributed by atoms with Crippen molar-refractivity contribution >= 4 is 28.5 Å². The number of benzene rings is 1. The zero-order valence-electron chi connectivity index (χ0n) is 13.4. The van der Waals surface area contributed by atoms with Crippen LogP contribution in [0.15, 0.2) is 47.6 Å². The minimum atomic E-state index is -2.76. The molecule has 0 spiro atoms. The number of halogens is 2. The van der Waals surface area contributed by atoms with Crippen LogP contribution in [0.1, 0.15) is 22.5 Å². The Morgan fingerprint density at radius 2 is 2.08 bits per heavy atom. The normalized spacial score (nSPS) is 14.0. The van der Waals surface area contributed by atoms with E-state index in [4.69, 9.17) is 0 Å². The standard InChI is InChI=1S/C17H13F2N5OS/c18-14(19)13-8-12(10-4-2-1-3-5-10)22-15-11(9-21-24(13)15)16(25)23-17-20-6-7-26-17/h1-5,8-9,14H,6-7H2,(H,20,23,25). The number of fused-ring (bicyclic) bond motifs is 1. The second-order valence-corrected chi connectivity index (χ2v) is 6.60. The molecule has 0 aliphatic carbocycles. The molecule has 0 saturated carbocycles. The highest BCUT2D eigenvalue weighted by Gasteiger charge is 2.22. The van der Waals surface area contributed by atoms with E-state index in [9.17, 15) is 13.6 Å². The van der Waals surface area contributed by atoms with Crippen molar-refractivity contribution in [2.24, 2.45) is 4.99 Å². The summed E-state index contributed by atoms with van der Waals surface area (Å²) in [5.41, 5.74) is 0.929. The second-order valence-electron chi connectivity index (χ2n) is 5.52. The van der Waals surface area contributed by atoms with E-state index in [1.165, 1.54) is 24.0 Å². The molecule has 0 radical (unpaired) electrons. The third kappa shape index (κ3) is 3.05. The largest absolute Gasteiger partial charge is 0.301 e. The Bertz CT molecular complexity index is 1000. The number of carbonyl (C=O) groups excluding carboxylic acids is 1. The summed E-state index contributed by atoms with van der Waals surface area (Å²) in [6.07, 6.45) is -1.51. The summed E-state index contributed by atoms with van der Waals surface area (Å²) in [5.74, 6) is 0.335. The first-order chi connectivity index (χ1) is 12.6. The molecule has 0 saturated heterocycles. The SMILES string of the molecule is O=C(NC1=NCCS1)c1cnn2c(C(F)F)cc(-c3ccccc3)nc12. The number of nitrogens with zero attached hydrogens (tertiary/aromatic N) is 4. The number of aromatic nitrogens is 3. The lowest BCUT2D eigenvalue weighted by atomic mass is 10.1. The smallest absolute Gasteiger partial charge is 0.280 e. The predicted octanol–water partition coefficient (Wildman–Crippen LogP) is 3.17. The van der Waals surface area contributed by atoms with Crippen LogP contribution in [0.4, 0.5) is 8.78 Å². The number of hydrogen-bond acceptors (Lipinski definition) is 5. The molecule has 2 aromatic heterocycles. The molecule has 0 unspecified atom stereocenters. The van der Waals surface area contributed by atoms with Crippen LogP contribution in [0, 0.1) is 0 Å². The lowest BCUT2D eigenvalue weighted by molar-refractivity contribution is 0.0979. The van der Waals surface area contributed by atoms with Crippen LogP contribution in [0.5, 0.6) is 0 Å². The van der Waals surface area contributed by atoms with Crippen molar-refractivity contribution in [2.45, 2.75) is 6.43 Å². The Kier molecular flexibility index (Phi) is 4.37. The highest BCUT2D eigenvalue weighted by molar-refractivity contribution is 8.14. The highest BCUT2D eigenvalue weighted by Crippen LogP contribution is 2.26. The number of alkyl halides is 2. The molecule has 6 nitrogen and oxygen atoms in total. The van der Waals surface area contributed by atoms with Crippen molar-refractivity contribution in [3.8, 4) is 11.3 Å². The summed E-state index contributed by atoms with van der Waals surface area (Å²) >= 11 is 1.43. The number of thioether (sulfide) groups is 1. The molecule has 132 valence electrons. The topological polar surface area (TPSA) is 71.7 Å². The summed E-state index contributed by atoms with van der Waals surface area (Å²) in [5, 5.41) is 7.13. The van der Waals surface area contributed by atoms with Crippen LogP contribution in [-0.4, -0.2) is 38.0 Å². The van der Waals surface area contributed by atoms with Crippen molar-refractivity contribution in [3.05, 3.63) is 53.9 Å². The van der Waals surface area contributed by atoms with E-state index < -0.39 is 12.3 Å². The van der Waals surface area contributed by atoms with Gasteiger partial charge in [0.15, 0.2) is 10.8 Å². The molecule has 26 heavy (non-hydrogen) atoms. The van der Waals surface area contributed by atoms with E-state index in [2.05, 4.69) is 20.4 Å². The average molecular weight is 373 g/mol. The Morgan fingerprint density at radius 1 is 1.27 bits per heavy atom. The van der Waals surface area contributed by atoms with Crippen molar-refractivity contribution in [2.75, 3.05) is 12.3 Å². The average Bonchev–Trinajstić information content (AvgIpc) is 3.30. The molecule has 1 amide bonds. The lowest BCUT2D eigenvalue weighted by Crippen LogP contribution is -2.27. The maximum atomic E-state index is 13.5. The first kappa shape index (κ1) is 16.6. The van der Waals surface area contributed by atoms with Gasteiger partial charge >= 0.3 is 0 Å². The van der Waals surface area contributed by atoms with E-state index in [1.807, 2.05) is 6.07 Å². The van der Waals surface area contributed by atoms with E-state index in [-0.39, 0.29) is 16.9 Å². The van der Waals surface area contributed by atoms with Crippen molar-refractivity contribution in [1.82, 2.24) is 19.9 Å². The van der Waals surface area contributed by atoms with Gasteiger partial charge in [-0.1, -0.05) is 42.1 Å². The predicted molar refractivity (Wildman–Crippen MR) is 95.6 cm³/mol. The fraction of sp³-hybridized carbons (Fsp3) is 0.176. The number of carbonyl (C=O) groups is 1. The van der Waals surface area contributed by atoms with Crippen molar-refractivity contribution < 1.29 is 13.6 Å². The van der Waals surface area contributed by atoms with Crippen LogP contribution < -0.4 is 5.32 Å². The van der Waals surface area contributed by atoms with E-state index >= 15 is 0 Å². The first-order valence-electron chi connectivity index (χ1n) is 7.84. The minimum absolute atomic E-state index is 0.0859. The molecule has 4 rings (SSSR count). The van der Waals surface area contributed by atoms with Gasteiger partial charge in [0.2, 0.25) is 0 Å². The molecule has 9 heteroatoms. The summed E-state index contributed by atoms with van der Waals surface area (Å²) in [6.45, 7) is 0.640. The number of amidine groups is 1. The summed E-state index contributed by atoms with van der Waals surface area (Å²) < 4.78 is 28.0. The first-order valence-corrected chi connectivity index (χ1v) is 8.83. The fourth-order valence-electron chi connectivity index (χ4n) is 2.63. The summed E-state index contributed by atoms with van der Waals surface area (Å²) in [6, 6.07) is 10.2. The maximum absolute atomic E-state index is 13.5. The van der Waals surface area contributed by atoms with Gasteiger partial charge in [0.1, 0.15) is 11.3 Å². The molecular weight excluding hydrogens is 360 g/mol. The fourth-order valence-corrected chi connectivity index (χ4v) is 3.36. The van der Waals surface area contributed by atoms with Crippen molar-refractivity contribution in [1.29, 1.82) is 0 Å². The third-order valence-corrected chi connectivity index (χ3v) is 4.73. The monoisotopic (exact) mass is 373 g/mol. The van der Waals surface area contributed by atoms with Crippen LogP contribution in [0.2, 0.25) is 0 Å². The zero-order chi connectivity index (χ0) is 18.1. The van der Waals surface area contributed by atoms with Crippen molar-refractivity contribution in [3.63, 3.8) is 0 Å². The molecule has 1 aromatic carbocycles. The molecule has 0 atom stereocenters. The number of aliphatic imine (C=N–C) groups is 1. The Balaban J connectivity index is 1.82. The Labute approximate surface area is 151 Å². The molecule has 1 aliphatic heterocycles. The molecular formula is C17H13F2N5OS. The Morgan fingerprint density at radius 3 is 2.77 bits per heavy atom. The summed E-state index contributed by atoms with van der Waals surface area (Å²) in [4.78, 5) is 21.1. The Hall–Kier alpha value is -2.81. The second kappa shape index (κ2) is 6.83. The maximum Gasteiger partial charge on any atom is 0.280 e. The van der Waals surface area contributed by atoms with E-state index in [0.29, 0.717) is 23.0 Å². The third-order valence-electron chi connectivity index (χ3n) is 3.84. The van der Waals surface area contributed by atoms with Gasteiger partial charge in [0.25, 0.3) is 12.3 Å². The van der Waals surface area contributed by atoms with Crippen LogP contribution >= 0.6 is 11.8 Å². The van der Waals surface area contributed by atoms with E-state index in [1.54, 1.807) is 24.3 Å². The number of hydrogen-bond donors (Lipinski definition) is 1. The quantitative estimate of drug-likeness (QED) is 0.766. The van der Waals surface area contributed by atoms with Crippen LogP contribution in [-0.2, 0) is 0 Å². The molecule has 3 aromatic rings. The van der Waals surface area contributed by atoms with Gasteiger partial charge in [-0.15, -0.1) is 0 Å². The number of amides is 1. The van der Waals surface area contributed by atoms with Gasteiger partial charge in [-0.25, -0.2) is 18.3 Å². The molecule has 0 fully saturated rings. The van der Waals surface area contributed by atoms with Gasteiger partial charge < -0.3 is 5.32 Å². The lowest BCUT2D eigenvalue weighted by Gasteiger charge is -2.08. The minimum Gasteiger partial charge on any atom is -0.301 e. The van der Waals surface area contributed by atoms with E-state index in [0.717, 1.165) is 10.3 Å². The highest BCUT2D eigenvalue weighted by atomic mass is 32.2. The van der Waals surface area contributed by atoms with Gasteiger partial charge in [-0.05, 0) is 6.07 Å². The van der Waals surface area contributed by atoms with Gasteiger partial charge in [-0.3, -0.25) is 9.79 Å². The summed E-state index contributed by atoms with van der Waals surface area (Å²) in [7, 11) is 0. The van der Waals surface area contributed by atoms with Gasteiger partial charge in [0.05, 0.1) is 18.4 Å². The van der Waals surface area contributed by atoms with Crippen LogP contribution in [0.25, 0.3) is 16.9 Å². The number of nitrogens with one attached hydrogen (secondary N) is 1. The van der Waals surface area contributed by atoms with Crippen LogP contribution in [0.3, 0.4) is 0 Å². The number of rotatable bonds is 3. The zero-order valence-corrected chi connectivity index (χ0v) is 14.2.